The highest BCUT2D eigenvalue weighted by Crippen LogP contribution is 2.40. The zero-order chi connectivity index (χ0) is 20.6. The van der Waals surface area contributed by atoms with Crippen molar-refractivity contribution in [3.8, 4) is 0 Å². The van der Waals surface area contributed by atoms with Crippen LogP contribution in [-0.4, -0.2) is 63.8 Å². The van der Waals surface area contributed by atoms with E-state index in [0.717, 1.165) is 23.8 Å². The van der Waals surface area contributed by atoms with E-state index in [1.165, 1.54) is 17.3 Å². The van der Waals surface area contributed by atoms with E-state index in [2.05, 4.69) is 26.9 Å². The molecule has 1 amide bonds. The lowest BCUT2D eigenvalue weighted by Gasteiger charge is -2.26. The molecule has 4 rings (SSSR count). The van der Waals surface area contributed by atoms with Gasteiger partial charge in [-0.05, 0) is 31.7 Å². The third-order valence-electron chi connectivity index (χ3n) is 5.61. The molecular formula is C20H26N4O3S2. The van der Waals surface area contributed by atoms with Crippen molar-refractivity contribution in [1.82, 2.24) is 19.7 Å². The highest BCUT2D eigenvalue weighted by atomic mass is 32.2. The average molecular weight is 435 g/mol. The van der Waals surface area contributed by atoms with Crippen molar-refractivity contribution in [1.29, 1.82) is 0 Å². The van der Waals surface area contributed by atoms with Crippen molar-refractivity contribution >= 4 is 27.5 Å². The van der Waals surface area contributed by atoms with E-state index in [0.29, 0.717) is 18.9 Å². The Hall–Kier alpha value is -1.87. The average Bonchev–Trinajstić information content (AvgIpc) is 3.38. The van der Waals surface area contributed by atoms with Crippen LogP contribution in [0.1, 0.15) is 43.5 Å². The molecule has 1 saturated heterocycles. The molecule has 1 aromatic carbocycles. The summed E-state index contributed by atoms with van der Waals surface area (Å²) in [6.07, 6.45) is 2.77. The number of sulfone groups is 1. The number of rotatable bonds is 7. The highest BCUT2D eigenvalue weighted by molar-refractivity contribution is 8.00. The maximum Gasteiger partial charge on any atom is 0.235 e. The molecule has 2 aliphatic rings. The molecule has 1 aromatic heterocycles. The number of hydrogen-bond donors (Lipinski definition) is 0. The fraction of sp³-hybridized carbons (Fsp3) is 0.550. The van der Waals surface area contributed by atoms with E-state index in [1.807, 2.05) is 25.1 Å². The lowest BCUT2D eigenvalue weighted by molar-refractivity contribution is -0.130. The normalized spacial score (nSPS) is 21.8. The van der Waals surface area contributed by atoms with Crippen molar-refractivity contribution in [3.63, 3.8) is 0 Å². The van der Waals surface area contributed by atoms with Crippen LogP contribution >= 0.6 is 11.8 Å². The van der Waals surface area contributed by atoms with Crippen molar-refractivity contribution in [3.05, 3.63) is 41.7 Å². The van der Waals surface area contributed by atoms with Gasteiger partial charge < -0.3 is 9.47 Å². The van der Waals surface area contributed by atoms with Gasteiger partial charge in [0.1, 0.15) is 5.82 Å². The quantitative estimate of drug-likeness (QED) is 0.622. The van der Waals surface area contributed by atoms with Gasteiger partial charge in [-0.1, -0.05) is 42.1 Å². The molecule has 29 heavy (non-hydrogen) atoms. The summed E-state index contributed by atoms with van der Waals surface area (Å²) in [5.74, 6) is 1.60. The Bertz CT molecular complexity index is 986. The fourth-order valence-corrected chi connectivity index (χ4v) is 6.43. The van der Waals surface area contributed by atoms with E-state index in [-0.39, 0.29) is 28.7 Å². The molecule has 0 unspecified atom stereocenters. The third kappa shape index (κ3) is 4.66. The molecule has 2 heterocycles. The van der Waals surface area contributed by atoms with Gasteiger partial charge >= 0.3 is 0 Å². The fourth-order valence-electron chi connectivity index (χ4n) is 3.70. The minimum atomic E-state index is -3.03. The number of carbonyl (C=O) groups excluding carboxylic acids is 1. The Morgan fingerprint density at radius 3 is 2.59 bits per heavy atom. The second kappa shape index (κ2) is 8.10. The van der Waals surface area contributed by atoms with Crippen LogP contribution in [0.5, 0.6) is 0 Å². The molecular weight excluding hydrogens is 408 g/mol. The summed E-state index contributed by atoms with van der Waals surface area (Å²) in [4.78, 5) is 14.5. The molecule has 0 bridgehead atoms. The predicted molar refractivity (Wildman–Crippen MR) is 113 cm³/mol. The minimum absolute atomic E-state index is 0.0582. The molecule has 0 spiro atoms. The van der Waals surface area contributed by atoms with E-state index < -0.39 is 9.84 Å². The topological polar surface area (TPSA) is 85.2 Å². The minimum Gasteiger partial charge on any atom is -0.341 e. The third-order valence-corrected chi connectivity index (χ3v) is 8.42. The van der Waals surface area contributed by atoms with Gasteiger partial charge in [-0.25, -0.2) is 8.42 Å². The molecule has 2 aromatic rings. The first-order valence-electron chi connectivity index (χ1n) is 9.95. The number of nitrogens with zero attached hydrogens (tertiary/aromatic N) is 4. The summed E-state index contributed by atoms with van der Waals surface area (Å²) < 4.78 is 25.6. The van der Waals surface area contributed by atoms with Gasteiger partial charge in [0.15, 0.2) is 15.0 Å². The lowest BCUT2D eigenvalue weighted by atomic mass is 10.2. The second-order valence-corrected chi connectivity index (χ2v) is 11.5. The summed E-state index contributed by atoms with van der Waals surface area (Å²) in [7, 11) is -1.32. The first kappa shape index (κ1) is 20.4. The van der Waals surface area contributed by atoms with Crippen molar-refractivity contribution in [2.24, 2.45) is 0 Å². The molecule has 1 saturated carbocycles. The summed E-state index contributed by atoms with van der Waals surface area (Å²) >= 11 is 1.40. The maximum absolute atomic E-state index is 12.9. The number of carbonyl (C=O) groups is 1. The first-order chi connectivity index (χ1) is 13.8. The maximum atomic E-state index is 12.9. The van der Waals surface area contributed by atoms with Crippen molar-refractivity contribution in [2.45, 2.75) is 55.1 Å². The number of hydrogen-bond acceptors (Lipinski definition) is 6. The second-order valence-electron chi connectivity index (χ2n) is 7.95. The number of aromatic nitrogens is 3. The Morgan fingerprint density at radius 2 is 1.97 bits per heavy atom. The monoisotopic (exact) mass is 434 g/mol. The number of benzene rings is 1. The van der Waals surface area contributed by atoms with Crippen LogP contribution in [0.2, 0.25) is 0 Å². The van der Waals surface area contributed by atoms with Gasteiger partial charge in [0.2, 0.25) is 5.91 Å². The Morgan fingerprint density at radius 1 is 1.24 bits per heavy atom. The summed E-state index contributed by atoms with van der Waals surface area (Å²) in [5, 5.41) is 9.17. The molecule has 156 valence electrons. The van der Waals surface area contributed by atoms with Crippen LogP contribution in [0, 0.1) is 0 Å². The van der Waals surface area contributed by atoms with E-state index >= 15 is 0 Å². The van der Waals surface area contributed by atoms with Gasteiger partial charge in [-0.3, -0.25) is 4.79 Å². The lowest BCUT2D eigenvalue weighted by Crippen LogP contribution is -2.41. The van der Waals surface area contributed by atoms with E-state index in [9.17, 15) is 13.2 Å². The Balaban J connectivity index is 1.49. The molecule has 7 nitrogen and oxygen atoms in total. The molecule has 0 radical (unpaired) electrons. The van der Waals surface area contributed by atoms with Crippen LogP contribution in [0.25, 0.3) is 0 Å². The molecule has 9 heteroatoms. The zero-order valence-electron chi connectivity index (χ0n) is 16.7. The van der Waals surface area contributed by atoms with E-state index in [4.69, 9.17) is 0 Å². The van der Waals surface area contributed by atoms with Crippen molar-refractivity contribution < 1.29 is 13.2 Å². The van der Waals surface area contributed by atoms with Crippen LogP contribution < -0.4 is 0 Å². The van der Waals surface area contributed by atoms with E-state index in [1.54, 1.807) is 11.9 Å². The summed E-state index contributed by atoms with van der Waals surface area (Å²) in [6, 6.07) is 9.94. The van der Waals surface area contributed by atoms with Gasteiger partial charge in [0, 0.05) is 19.0 Å². The molecule has 2 fully saturated rings. The van der Waals surface area contributed by atoms with Crippen LogP contribution in [0.15, 0.2) is 35.5 Å². The zero-order valence-corrected chi connectivity index (χ0v) is 18.3. The van der Waals surface area contributed by atoms with Crippen LogP contribution in [0.4, 0.5) is 0 Å². The molecule has 1 aliphatic heterocycles. The first-order valence-corrected chi connectivity index (χ1v) is 12.6. The molecule has 2 atom stereocenters. The smallest absolute Gasteiger partial charge is 0.235 e. The summed E-state index contributed by atoms with van der Waals surface area (Å²) in [6.45, 7) is 2.53. The molecule has 1 aliphatic carbocycles. The Kier molecular flexibility index (Phi) is 5.70. The number of thioether (sulfide) groups is 1. The highest BCUT2D eigenvalue weighted by Gasteiger charge is 2.35. The largest absolute Gasteiger partial charge is 0.341 e. The summed E-state index contributed by atoms with van der Waals surface area (Å²) in [5.41, 5.74) is 1.17. The predicted octanol–water partition coefficient (Wildman–Crippen LogP) is 2.33. The van der Waals surface area contributed by atoms with Crippen LogP contribution in [0.3, 0.4) is 0 Å². The van der Waals surface area contributed by atoms with Gasteiger partial charge in [-0.15, -0.1) is 10.2 Å². The number of amides is 1. The Labute approximate surface area is 175 Å². The SMILES string of the molecule is C[C@H](Sc1nnc(C2CC2)n1Cc1ccccc1)C(=O)N(C)[C@@H]1CCS(=O)(=O)C1. The van der Waals surface area contributed by atoms with Gasteiger partial charge in [0.25, 0.3) is 0 Å². The van der Waals surface area contributed by atoms with Gasteiger partial charge in [-0.2, -0.15) is 0 Å². The van der Waals surface area contributed by atoms with Crippen molar-refractivity contribution in [2.75, 3.05) is 18.6 Å². The molecule has 0 N–H and O–H groups in total. The standard InChI is InChI=1S/C20H26N4O3S2/c1-14(19(25)23(2)17-10-11-29(26,27)13-17)28-20-22-21-18(16-8-9-16)24(20)12-15-6-4-3-5-7-15/h3-7,14,16-17H,8-13H2,1-2H3/t14-,17+/m0/s1. The van der Waals surface area contributed by atoms with Gasteiger partial charge in [0.05, 0.1) is 23.3 Å². The van der Waals surface area contributed by atoms with Crippen LogP contribution in [-0.2, 0) is 21.2 Å².